The molecule has 0 bridgehead atoms. The van der Waals surface area contributed by atoms with Gasteiger partial charge >= 0.3 is 0 Å². The summed E-state index contributed by atoms with van der Waals surface area (Å²) in [7, 11) is 2.01. The van der Waals surface area contributed by atoms with Gasteiger partial charge < -0.3 is 14.6 Å². The van der Waals surface area contributed by atoms with Gasteiger partial charge in [0.15, 0.2) is 0 Å². The van der Waals surface area contributed by atoms with Gasteiger partial charge in [-0.15, -0.1) is 0 Å². The Kier molecular flexibility index (Phi) is 7.62. The molecule has 2 heterocycles. The molecule has 2 aromatic heterocycles. The molecule has 1 amide bonds. The summed E-state index contributed by atoms with van der Waals surface area (Å²) in [6.07, 6.45) is 3.87. The zero-order valence-electron chi connectivity index (χ0n) is 22.6. The third-order valence-corrected chi connectivity index (χ3v) is 6.03. The number of benzene rings is 2. The molecule has 9 heteroatoms. The average molecular weight is 512 g/mol. The van der Waals surface area contributed by atoms with Crippen LogP contribution in [-0.2, 0) is 18.9 Å². The molecule has 196 valence electrons. The summed E-state index contributed by atoms with van der Waals surface area (Å²) < 4.78 is 7.74. The van der Waals surface area contributed by atoms with Crippen molar-refractivity contribution in [1.29, 1.82) is 5.26 Å². The van der Waals surface area contributed by atoms with E-state index in [1.807, 2.05) is 51.4 Å². The molecule has 0 saturated heterocycles. The van der Waals surface area contributed by atoms with Crippen molar-refractivity contribution in [2.45, 2.75) is 58.6 Å². The topological polar surface area (TPSA) is 122 Å². The van der Waals surface area contributed by atoms with Crippen molar-refractivity contribution in [3.8, 4) is 23.1 Å². The first-order valence-electron chi connectivity index (χ1n) is 12.5. The SMILES string of the molecule is CC(C)Oc1ccc(C(=O)N[C@@H](Cc2ccc(-c3cn(C)c(C(C)(C)C)n3)cc2)c2ncn[nH]2)cc1C#N. The zero-order valence-corrected chi connectivity index (χ0v) is 22.6. The van der Waals surface area contributed by atoms with Crippen LogP contribution in [0.2, 0.25) is 0 Å². The van der Waals surface area contributed by atoms with Gasteiger partial charge in [0, 0.05) is 29.8 Å². The van der Waals surface area contributed by atoms with E-state index in [4.69, 9.17) is 9.72 Å². The summed E-state index contributed by atoms with van der Waals surface area (Å²) in [6, 6.07) is 14.6. The molecule has 0 fully saturated rings. The standard InChI is InChI=1S/C29H33N7O2/c1-18(2)38-25-12-11-21(14-22(25)15-30)27(37)33-23(26-31-17-32-35-26)13-19-7-9-20(10-8-19)24-16-36(6)28(34-24)29(3,4)5/h7-12,14,16-18,23H,13H2,1-6H3,(H,33,37)(H,31,32,35)/t23-/m0/s1. The molecule has 9 nitrogen and oxygen atoms in total. The minimum absolute atomic E-state index is 0.0504. The van der Waals surface area contributed by atoms with Crippen LogP contribution >= 0.6 is 0 Å². The highest BCUT2D eigenvalue weighted by atomic mass is 16.5. The predicted molar refractivity (Wildman–Crippen MR) is 145 cm³/mol. The van der Waals surface area contributed by atoms with Crippen molar-refractivity contribution in [1.82, 2.24) is 30.0 Å². The third kappa shape index (κ3) is 6.09. The first kappa shape index (κ1) is 26.6. The summed E-state index contributed by atoms with van der Waals surface area (Å²) in [5, 5.41) is 19.4. The molecule has 0 saturated carbocycles. The van der Waals surface area contributed by atoms with Crippen molar-refractivity contribution < 1.29 is 9.53 Å². The molecule has 4 rings (SSSR count). The fourth-order valence-corrected chi connectivity index (χ4v) is 4.31. The number of nitrogens with zero attached hydrogens (tertiary/aromatic N) is 5. The molecule has 0 spiro atoms. The number of nitriles is 1. The quantitative estimate of drug-likeness (QED) is 0.348. The van der Waals surface area contributed by atoms with Gasteiger partial charge in [0.05, 0.1) is 23.4 Å². The largest absolute Gasteiger partial charge is 0.490 e. The molecule has 2 aromatic carbocycles. The van der Waals surface area contributed by atoms with Crippen molar-refractivity contribution >= 4 is 5.91 Å². The summed E-state index contributed by atoms with van der Waals surface area (Å²) in [4.78, 5) is 22.3. The van der Waals surface area contributed by atoms with Gasteiger partial charge in [-0.1, -0.05) is 45.0 Å². The van der Waals surface area contributed by atoms with Crippen molar-refractivity contribution in [3.63, 3.8) is 0 Å². The lowest BCUT2D eigenvalue weighted by atomic mass is 9.96. The van der Waals surface area contributed by atoms with Crippen LogP contribution in [-0.4, -0.2) is 36.7 Å². The number of aromatic amines is 1. The lowest BCUT2D eigenvalue weighted by Crippen LogP contribution is -2.31. The lowest BCUT2D eigenvalue weighted by molar-refractivity contribution is 0.0934. The third-order valence-electron chi connectivity index (χ3n) is 6.03. The number of nitrogens with one attached hydrogen (secondary N) is 2. The van der Waals surface area contributed by atoms with E-state index in [2.05, 4.69) is 51.9 Å². The number of H-pyrrole nitrogens is 1. The Bertz CT molecular complexity index is 1440. The summed E-state index contributed by atoms with van der Waals surface area (Å²) in [5.41, 5.74) is 3.58. The van der Waals surface area contributed by atoms with E-state index in [1.54, 1.807) is 12.1 Å². The first-order chi connectivity index (χ1) is 18.0. The van der Waals surface area contributed by atoms with Gasteiger partial charge in [-0.2, -0.15) is 10.4 Å². The van der Waals surface area contributed by atoms with Crippen LogP contribution in [0, 0.1) is 11.3 Å². The molecule has 38 heavy (non-hydrogen) atoms. The number of aryl methyl sites for hydroxylation is 1. The molecule has 1 atom stereocenters. The second kappa shape index (κ2) is 10.9. The number of ether oxygens (including phenoxy) is 1. The number of hydrogen-bond donors (Lipinski definition) is 2. The second-order valence-corrected chi connectivity index (χ2v) is 10.6. The number of imidazole rings is 1. The van der Waals surface area contributed by atoms with E-state index >= 15 is 0 Å². The molecule has 0 unspecified atom stereocenters. The normalized spacial score (nSPS) is 12.3. The summed E-state index contributed by atoms with van der Waals surface area (Å²) in [6.45, 7) is 10.2. The van der Waals surface area contributed by atoms with Crippen molar-refractivity contribution in [2.24, 2.45) is 7.05 Å². The molecular weight excluding hydrogens is 478 g/mol. The van der Waals surface area contributed by atoms with Crippen LogP contribution in [0.3, 0.4) is 0 Å². The highest BCUT2D eigenvalue weighted by molar-refractivity contribution is 5.95. The molecule has 0 aliphatic rings. The van der Waals surface area contributed by atoms with Gasteiger partial charge in [0.1, 0.15) is 29.8 Å². The number of rotatable bonds is 8. The van der Waals surface area contributed by atoms with Crippen LogP contribution in [0.1, 0.15) is 73.8 Å². The van der Waals surface area contributed by atoms with E-state index < -0.39 is 6.04 Å². The Morgan fingerprint density at radius 2 is 1.92 bits per heavy atom. The maximum Gasteiger partial charge on any atom is 0.251 e. The number of hydrogen-bond acceptors (Lipinski definition) is 6. The molecule has 2 N–H and O–H groups in total. The fourth-order valence-electron chi connectivity index (χ4n) is 4.31. The van der Waals surface area contributed by atoms with Crippen LogP contribution in [0.4, 0.5) is 0 Å². The Morgan fingerprint density at radius 3 is 2.50 bits per heavy atom. The lowest BCUT2D eigenvalue weighted by Gasteiger charge is -2.18. The van der Waals surface area contributed by atoms with E-state index in [0.717, 1.165) is 22.6 Å². The zero-order chi connectivity index (χ0) is 27.4. The summed E-state index contributed by atoms with van der Waals surface area (Å²) >= 11 is 0. The molecular formula is C29H33N7O2. The Balaban J connectivity index is 1.53. The minimum Gasteiger partial charge on any atom is -0.490 e. The smallest absolute Gasteiger partial charge is 0.251 e. The number of aromatic nitrogens is 5. The molecule has 0 aliphatic heterocycles. The van der Waals surface area contributed by atoms with Crippen LogP contribution < -0.4 is 10.1 Å². The van der Waals surface area contributed by atoms with Crippen LogP contribution in [0.5, 0.6) is 5.75 Å². The van der Waals surface area contributed by atoms with Crippen LogP contribution in [0.25, 0.3) is 11.3 Å². The average Bonchev–Trinajstić information content (AvgIpc) is 3.54. The van der Waals surface area contributed by atoms with Gasteiger partial charge in [-0.05, 0) is 44.0 Å². The van der Waals surface area contributed by atoms with Gasteiger partial charge in [0.2, 0.25) is 0 Å². The van der Waals surface area contributed by atoms with Crippen molar-refractivity contribution in [2.75, 3.05) is 0 Å². The fraction of sp³-hybridized carbons (Fsp3) is 0.345. The highest BCUT2D eigenvalue weighted by Gasteiger charge is 2.22. The maximum absolute atomic E-state index is 13.2. The van der Waals surface area contributed by atoms with E-state index in [-0.39, 0.29) is 17.4 Å². The van der Waals surface area contributed by atoms with E-state index in [0.29, 0.717) is 29.1 Å². The van der Waals surface area contributed by atoms with Crippen molar-refractivity contribution in [3.05, 3.63) is 83.3 Å². The van der Waals surface area contributed by atoms with Gasteiger partial charge in [-0.3, -0.25) is 9.89 Å². The minimum atomic E-state index is -0.449. The molecule has 4 aromatic rings. The monoisotopic (exact) mass is 511 g/mol. The van der Waals surface area contributed by atoms with Gasteiger partial charge in [0.25, 0.3) is 5.91 Å². The Labute approximate surface area is 222 Å². The maximum atomic E-state index is 13.2. The summed E-state index contributed by atoms with van der Waals surface area (Å²) in [5.74, 6) is 1.70. The number of carbonyl (C=O) groups excluding carboxylic acids is 1. The Hall–Kier alpha value is -4.45. The van der Waals surface area contributed by atoms with Gasteiger partial charge in [-0.25, -0.2) is 9.97 Å². The number of carbonyl (C=O) groups is 1. The van der Waals surface area contributed by atoms with E-state index in [9.17, 15) is 10.1 Å². The first-order valence-corrected chi connectivity index (χ1v) is 12.5. The predicted octanol–water partition coefficient (Wildman–Crippen LogP) is 4.88. The number of amides is 1. The second-order valence-electron chi connectivity index (χ2n) is 10.6. The molecule has 0 aliphatic carbocycles. The Morgan fingerprint density at radius 1 is 1.18 bits per heavy atom. The molecule has 0 radical (unpaired) electrons. The van der Waals surface area contributed by atoms with Crippen LogP contribution in [0.15, 0.2) is 55.0 Å². The highest BCUT2D eigenvalue weighted by Crippen LogP contribution is 2.27. The van der Waals surface area contributed by atoms with E-state index in [1.165, 1.54) is 12.4 Å².